The van der Waals surface area contributed by atoms with Gasteiger partial charge in [-0.2, -0.15) is 21.6 Å². The lowest BCUT2D eigenvalue weighted by Gasteiger charge is -2.27. The molecule has 0 unspecified atom stereocenters. The van der Waals surface area contributed by atoms with Crippen molar-refractivity contribution in [3.63, 3.8) is 0 Å². The van der Waals surface area contributed by atoms with Crippen molar-refractivity contribution in [1.29, 1.82) is 0 Å². The van der Waals surface area contributed by atoms with E-state index in [1.54, 1.807) is 6.92 Å². The van der Waals surface area contributed by atoms with Crippen LogP contribution < -0.4 is 0 Å². The Hall–Kier alpha value is 0.660. The highest BCUT2D eigenvalue weighted by molar-refractivity contribution is 9.09. The first kappa shape index (κ1) is 16.7. The van der Waals surface area contributed by atoms with Gasteiger partial charge in [0.15, 0.2) is 0 Å². The Morgan fingerprint density at radius 1 is 1.19 bits per heavy atom. The van der Waals surface area contributed by atoms with Crippen LogP contribution in [-0.2, 0) is 14.3 Å². The van der Waals surface area contributed by atoms with Crippen molar-refractivity contribution < 1.29 is 25.8 Å². The first-order valence-electron chi connectivity index (χ1n) is 4.22. The molecule has 0 aliphatic rings. The van der Waals surface area contributed by atoms with Crippen molar-refractivity contribution >= 4 is 42.0 Å². The van der Waals surface area contributed by atoms with E-state index in [0.29, 0.717) is 17.1 Å². The molecule has 0 aromatic rings. The van der Waals surface area contributed by atoms with Crippen molar-refractivity contribution in [3.05, 3.63) is 0 Å². The zero-order chi connectivity index (χ0) is 13.0. The zero-order valence-electron chi connectivity index (χ0n) is 8.35. The fourth-order valence-electron chi connectivity index (χ4n) is 0.673. The van der Waals surface area contributed by atoms with Crippen molar-refractivity contribution in [2.75, 3.05) is 17.3 Å². The van der Waals surface area contributed by atoms with E-state index in [-0.39, 0.29) is 0 Å². The van der Waals surface area contributed by atoms with Gasteiger partial charge < -0.3 is 0 Å². The van der Waals surface area contributed by atoms with Crippen LogP contribution >= 0.6 is 31.9 Å². The summed E-state index contributed by atoms with van der Waals surface area (Å²) >= 11 is 6.25. The van der Waals surface area contributed by atoms with Gasteiger partial charge in [0, 0.05) is 16.1 Å². The second-order valence-corrected chi connectivity index (χ2v) is 6.01. The Bertz CT molecular complexity index is 303. The summed E-state index contributed by atoms with van der Waals surface area (Å²) in [5, 5.41) is 0.685. The molecule has 9 heteroatoms. The summed E-state index contributed by atoms with van der Waals surface area (Å²) in [5.74, 6) is 0. The Kier molecular flexibility index (Phi) is 6.26. The van der Waals surface area contributed by atoms with Gasteiger partial charge in [-0.1, -0.05) is 38.8 Å². The van der Waals surface area contributed by atoms with E-state index in [1.807, 2.05) is 0 Å². The molecule has 0 heterocycles. The average molecular weight is 392 g/mol. The summed E-state index contributed by atoms with van der Waals surface area (Å²) < 4.78 is 61.3. The number of hydrogen-bond acceptors (Lipinski definition) is 3. The van der Waals surface area contributed by atoms with Crippen molar-refractivity contribution in [3.8, 4) is 0 Å². The minimum atomic E-state index is -5.50. The molecule has 0 aliphatic heterocycles. The van der Waals surface area contributed by atoms with E-state index in [4.69, 9.17) is 0 Å². The van der Waals surface area contributed by atoms with E-state index in [0.717, 1.165) is 0 Å². The topological polar surface area (TPSA) is 43.4 Å². The normalized spacial score (nSPS) is 14.1. The molecular formula is C7H11Br2F3O3S. The number of rotatable bonds is 6. The molecule has 3 nitrogen and oxygen atoms in total. The minimum absolute atomic E-state index is 0.342. The fraction of sp³-hybridized carbons (Fsp3) is 1.00. The molecule has 0 atom stereocenters. The summed E-state index contributed by atoms with van der Waals surface area (Å²) in [4.78, 5) is 0. The van der Waals surface area contributed by atoms with Crippen molar-refractivity contribution in [1.82, 2.24) is 0 Å². The smallest absolute Gasteiger partial charge is 0.263 e. The maximum absolute atomic E-state index is 12.0. The number of halogens is 5. The standard InChI is InChI=1S/C7H11Br2F3O3S/c1-2-6(3-8,4-9)5-15-16(13,14)7(10,11)12/h2-5H2,1H3. The summed E-state index contributed by atoms with van der Waals surface area (Å²) in [6.45, 7) is 1.23. The molecule has 0 amide bonds. The van der Waals surface area contributed by atoms with Crippen LogP contribution in [0, 0.1) is 5.41 Å². The molecule has 0 aromatic heterocycles. The third kappa shape index (κ3) is 4.15. The van der Waals surface area contributed by atoms with Crippen molar-refractivity contribution in [2.24, 2.45) is 5.41 Å². The highest BCUT2D eigenvalue weighted by Gasteiger charge is 2.48. The van der Waals surface area contributed by atoms with Crippen LogP contribution in [0.1, 0.15) is 13.3 Å². The van der Waals surface area contributed by atoms with Gasteiger partial charge in [-0.05, 0) is 6.42 Å². The van der Waals surface area contributed by atoms with E-state index >= 15 is 0 Å². The predicted molar refractivity (Wildman–Crippen MR) is 61.2 cm³/mol. The third-order valence-electron chi connectivity index (χ3n) is 2.12. The molecule has 0 bridgehead atoms. The lowest BCUT2D eigenvalue weighted by atomic mass is 9.92. The van der Waals surface area contributed by atoms with E-state index in [1.165, 1.54) is 0 Å². The molecule has 98 valence electrons. The summed E-state index contributed by atoms with van der Waals surface area (Å²) in [7, 11) is -5.50. The Morgan fingerprint density at radius 2 is 1.62 bits per heavy atom. The lowest BCUT2D eigenvalue weighted by molar-refractivity contribution is -0.0560. The fourth-order valence-corrected chi connectivity index (χ4v) is 3.26. The van der Waals surface area contributed by atoms with Gasteiger partial charge in [-0.25, -0.2) is 0 Å². The number of alkyl halides is 5. The van der Waals surface area contributed by atoms with Crippen LogP contribution in [0.15, 0.2) is 0 Å². The van der Waals surface area contributed by atoms with Gasteiger partial charge >= 0.3 is 15.6 Å². The summed E-state index contributed by atoms with van der Waals surface area (Å²) in [5.41, 5.74) is -6.04. The van der Waals surface area contributed by atoms with Crippen LogP contribution in [0.25, 0.3) is 0 Å². The molecule has 0 saturated carbocycles. The van der Waals surface area contributed by atoms with Crippen LogP contribution in [0.3, 0.4) is 0 Å². The third-order valence-corrected chi connectivity index (χ3v) is 5.49. The van der Waals surface area contributed by atoms with Crippen molar-refractivity contribution in [2.45, 2.75) is 18.9 Å². The molecule has 0 saturated heterocycles. The molecule has 0 spiro atoms. The van der Waals surface area contributed by atoms with Gasteiger partial charge in [0.05, 0.1) is 6.61 Å². The van der Waals surface area contributed by atoms with Gasteiger partial charge in [0.2, 0.25) is 0 Å². The quantitative estimate of drug-likeness (QED) is 0.397. The first-order valence-corrected chi connectivity index (χ1v) is 7.87. The van der Waals surface area contributed by atoms with Gasteiger partial charge in [0.25, 0.3) is 0 Å². The molecule has 0 fully saturated rings. The predicted octanol–water partition coefficient (Wildman–Crippen LogP) is 3.04. The highest BCUT2D eigenvalue weighted by atomic mass is 79.9. The minimum Gasteiger partial charge on any atom is -0.263 e. The van der Waals surface area contributed by atoms with E-state index < -0.39 is 27.6 Å². The van der Waals surface area contributed by atoms with E-state index in [2.05, 4.69) is 36.0 Å². The molecule has 0 N–H and O–H groups in total. The lowest BCUT2D eigenvalue weighted by Crippen LogP contribution is -2.35. The maximum atomic E-state index is 12.0. The summed E-state index contributed by atoms with van der Waals surface area (Å²) in [6.07, 6.45) is 0.483. The monoisotopic (exact) mass is 390 g/mol. The molecule has 0 aliphatic carbocycles. The Morgan fingerprint density at radius 3 is 1.88 bits per heavy atom. The van der Waals surface area contributed by atoms with Crippen LogP contribution in [-0.4, -0.2) is 31.2 Å². The Balaban J connectivity index is 4.68. The second kappa shape index (κ2) is 6.01. The van der Waals surface area contributed by atoms with Crippen LogP contribution in [0.4, 0.5) is 13.2 Å². The first-order chi connectivity index (χ1) is 7.14. The maximum Gasteiger partial charge on any atom is 0.523 e. The number of hydrogen-bond donors (Lipinski definition) is 0. The Labute approximate surface area is 109 Å². The molecule has 0 aromatic carbocycles. The SMILES string of the molecule is CCC(CBr)(CBr)COS(=O)(=O)C(F)(F)F. The zero-order valence-corrected chi connectivity index (χ0v) is 12.3. The van der Waals surface area contributed by atoms with Gasteiger partial charge in [-0.3, -0.25) is 4.18 Å². The molecule has 0 radical (unpaired) electrons. The molecular weight excluding hydrogens is 381 g/mol. The molecule has 16 heavy (non-hydrogen) atoms. The largest absolute Gasteiger partial charge is 0.523 e. The van der Waals surface area contributed by atoms with Gasteiger partial charge in [-0.15, -0.1) is 0 Å². The van der Waals surface area contributed by atoms with Crippen LogP contribution in [0.5, 0.6) is 0 Å². The second-order valence-electron chi connectivity index (χ2n) is 3.28. The summed E-state index contributed by atoms with van der Waals surface area (Å²) in [6, 6.07) is 0. The van der Waals surface area contributed by atoms with Gasteiger partial charge in [0.1, 0.15) is 0 Å². The van der Waals surface area contributed by atoms with Crippen LogP contribution in [0.2, 0.25) is 0 Å². The molecule has 0 rings (SSSR count). The van der Waals surface area contributed by atoms with E-state index in [9.17, 15) is 21.6 Å². The average Bonchev–Trinajstić information content (AvgIpc) is 2.19. The highest BCUT2D eigenvalue weighted by Crippen LogP contribution is 2.31.